The lowest BCUT2D eigenvalue weighted by Crippen LogP contribution is -2.63. The van der Waals surface area contributed by atoms with Crippen molar-refractivity contribution in [3.63, 3.8) is 0 Å². The Hall–Kier alpha value is -1.87. The van der Waals surface area contributed by atoms with Crippen LogP contribution in [0.1, 0.15) is 65.4 Å². The summed E-state index contributed by atoms with van der Waals surface area (Å²) in [6.07, 6.45) is 4.77. The van der Waals surface area contributed by atoms with Crippen molar-refractivity contribution < 1.29 is 34.2 Å². The molecule has 0 spiro atoms. The van der Waals surface area contributed by atoms with Gasteiger partial charge < -0.3 is 29.4 Å². The standard InChI is InChI=1S/C30H43BO7/c1-6-28(4)16-24(38-25(33)17-36-21-8-7-20-11-14-37-31(35)22(20)15-21)29(5)18(2)9-12-30(19(3)27(28)34)13-10-23(32)26(29)30/h6-8,15,18-19,23-24,26-27,32,34-35H,1,9-14,16-17H2,2-5H3/t18-,19+,23?,24-,26+,27+,28-,29+,30+/m1/s1. The minimum absolute atomic E-state index is 0.0113. The maximum absolute atomic E-state index is 13.3. The maximum Gasteiger partial charge on any atom is 0.491 e. The first-order chi connectivity index (χ1) is 18.0. The van der Waals surface area contributed by atoms with Gasteiger partial charge in [-0.1, -0.05) is 39.8 Å². The van der Waals surface area contributed by atoms with Gasteiger partial charge in [0.05, 0.1) is 12.2 Å². The summed E-state index contributed by atoms with van der Waals surface area (Å²) in [6, 6.07) is 5.39. The third-order valence-corrected chi connectivity index (χ3v) is 11.2. The van der Waals surface area contributed by atoms with Crippen LogP contribution in [-0.2, 0) is 20.6 Å². The van der Waals surface area contributed by atoms with Crippen molar-refractivity contribution in [1.29, 1.82) is 0 Å². The SMILES string of the molecule is C=C[C@]1(C)C[C@@H](OC(=O)COc2ccc3c(c2)B(O)OCC3)[C@]2(C)[C@H](C)CC[C@]3(CCC(O)[C@H]32)[C@@H](C)[C@@H]1O. The summed E-state index contributed by atoms with van der Waals surface area (Å²) >= 11 is 0. The van der Waals surface area contributed by atoms with E-state index in [1.165, 1.54) is 0 Å². The number of hydrogen-bond acceptors (Lipinski definition) is 7. The molecule has 9 atom stereocenters. The molecule has 0 radical (unpaired) electrons. The average Bonchev–Trinajstić information content (AvgIpc) is 3.26. The lowest BCUT2D eigenvalue weighted by atomic mass is 9.43. The van der Waals surface area contributed by atoms with Gasteiger partial charge in [0.2, 0.25) is 0 Å². The molecule has 1 aliphatic heterocycles. The predicted octanol–water partition coefficient (Wildman–Crippen LogP) is 3.02. The Morgan fingerprint density at radius 2 is 1.97 bits per heavy atom. The molecule has 0 amide bonds. The van der Waals surface area contributed by atoms with Crippen LogP contribution in [0.15, 0.2) is 30.9 Å². The van der Waals surface area contributed by atoms with E-state index in [1.807, 2.05) is 19.1 Å². The van der Waals surface area contributed by atoms with Crippen molar-refractivity contribution in [2.45, 2.75) is 84.5 Å². The van der Waals surface area contributed by atoms with Gasteiger partial charge in [-0.2, -0.15) is 0 Å². The van der Waals surface area contributed by atoms with E-state index in [9.17, 15) is 20.0 Å². The summed E-state index contributed by atoms with van der Waals surface area (Å²) in [6.45, 7) is 12.8. The number of aliphatic hydroxyl groups is 2. The zero-order valence-corrected chi connectivity index (χ0v) is 23.2. The third-order valence-electron chi connectivity index (χ3n) is 11.2. The van der Waals surface area contributed by atoms with E-state index >= 15 is 0 Å². The summed E-state index contributed by atoms with van der Waals surface area (Å²) in [5.74, 6) is 0.119. The average molecular weight is 526 g/mol. The molecule has 0 saturated heterocycles. The smallest absolute Gasteiger partial charge is 0.482 e. The number of ether oxygens (including phenoxy) is 2. The van der Waals surface area contributed by atoms with Crippen molar-refractivity contribution in [2.75, 3.05) is 13.2 Å². The van der Waals surface area contributed by atoms with Gasteiger partial charge in [-0.15, -0.1) is 6.58 Å². The molecule has 5 rings (SSSR count). The van der Waals surface area contributed by atoms with Crippen molar-refractivity contribution in [2.24, 2.45) is 34.0 Å². The van der Waals surface area contributed by atoms with Gasteiger partial charge in [0, 0.05) is 17.4 Å². The van der Waals surface area contributed by atoms with Gasteiger partial charge in [0.15, 0.2) is 6.61 Å². The molecule has 7 nitrogen and oxygen atoms in total. The topological polar surface area (TPSA) is 105 Å². The first kappa shape index (κ1) is 27.7. The zero-order valence-electron chi connectivity index (χ0n) is 23.2. The number of carbonyl (C=O) groups is 1. The normalized spacial score (nSPS) is 42.3. The van der Waals surface area contributed by atoms with E-state index in [2.05, 4.69) is 27.4 Å². The minimum atomic E-state index is -1.000. The van der Waals surface area contributed by atoms with E-state index in [0.717, 1.165) is 24.8 Å². The molecule has 3 aliphatic carbocycles. The van der Waals surface area contributed by atoms with Gasteiger partial charge in [-0.05, 0) is 84.9 Å². The molecule has 1 unspecified atom stereocenters. The van der Waals surface area contributed by atoms with Gasteiger partial charge in [-0.25, -0.2) is 4.79 Å². The zero-order chi connectivity index (χ0) is 27.5. The van der Waals surface area contributed by atoms with Crippen molar-refractivity contribution in [3.05, 3.63) is 36.4 Å². The van der Waals surface area contributed by atoms with Crippen molar-refractivity contribution in [3.8, 4) is 5.75 Å². The fraction of sp³-hybridized carbons (Fsp3) is 0.700. The number of benzene rings is 1. The molecule has 2 bridgehead atoms. The molecule has 3 fully saturated rings. The van der Waals surface area contributed by atoms with Crippen LogP contribution in [0, 0.1) is 34.0 Å². The van der Waals surface area contributed by atoms with Crippen LogP contribution in [0.4, 0.5) is 0 Å². The number of rotatable bonds is 5. The predicted molar refractivity (Wildman–Crippen MR) is 145 cm³/mol. The highest BCUT2D eigenvalue weighted by molar-refractivity contribution is 6.60. The second-order valence-corrected chi connectivity index (χ2v) is 12.9. The Morgan fingerprint density at radius 1 is 1.24 bits per heavy atom. The number of fused-ring (bicyclic) bond motifs is 1. The first-order valence-corrected chi connectivity index (χ1v) is 14.2. The third kappa shape index (κ3) is 4.23. The molecule has 1 heterocycles. The van der Waals surface area contributed by atoms with Crippen LogP contribution in [0.3, 0.4) is 0 Å². The van der Waals surface area contributed by atoms with Gasteiger partial charge >= 0.3 is 13.1 Å². The van der Waals surface area contributed by atoms with Crippen LogP contribution in [0.5, 0.6) is 5.75 Å². The number of hydrogen-bond donors (Lipinski definition) is 3. The molecule has 4 aliphatic rings. The Labute approximate surface area is 226 Å². The Balaban J connectivity index is 1.42. The summed E-state index contributed by atoms with van der Waals surface area (Å²) in [4.78, 5) is 13.3. The van der Waals surface area contributed by atoms with Crippen LogP contribution < -0.4 is 10.2 Å². The second kappa shape index (κ2) is 9.95. The molecular formula is C30H43BO7. The molecule has 1 aromatic rings. The Kier molecular flexibility index (Phi) is 7.25. The molecule has 1 aromatic carbocycles. The number of aliphatic hydroxyl groups excluding tert-OH is 2. The van der Waals surface area contributed by atoms with Crippen LogP contribution in [0.25, 0.3) is 0 Å². The molecule has 3 saturated carbocycles. The monoisotopic (exact) mass is 526 g/mol. The van der Waals surface area contributed by atoms with Crippen LogP contribution in [0.2, 0.25) is 0 Å². The molecule has 38 heavy (non-hydrogen) atoms. The first-order valence-electron chi connectivity index (χ1n) is 14.2. The molecule has 3 N–H and O–H groups in total. The van der Waals surface area contributed by atoms with E-state index in [0.29, 0.717) is 37.1 Å². The second-order valence-electron chi connectivity index (χ2n) is 12.9. The highest BCUT2D eigenvalue weighted by Gasteiger charge is 2.68. The van der Waals surface area contributed by atoms with Gasteiger partial charge in [0.1, 0.15) is 11.9 Å². The lowest BCUT2D eigenvalue weighted by Gasteiger charge is -2.63. The molecular weight excluding hydrogens is 483 g/mol. The van der Waals surface area contributed by atoms with E-state index in [-0.39, 0.29) is 29.8 Å². The summed E-state index contributed by atoms with van der Waals surface area (Å²) in [5, 5.41) is 33.2. The number of esters is 1. The Bertz CT molecular complexity index is 1080. The van der Waals surface area contributed by atoms with Crippen LogP contribution >= 0.6 is 0 Å². The van der Waals surface area contributed by atoms with Gasteiger partial charge in [-0.3, -0.25) is 0 Å². The lowest BCUT2D eigenvalue weighted by molar-refractivity contribution is -0.219. The van der Waals surface area contributed by atoms with E-state index in [4.69, 9.17) is 14.1 Å². The minimum Gasteiger partial charge on any atom is -0.482 e. The quantitative estimate of drug-likeness (QED) is 0.308. The largest absolute Gasteiger partial charge is 0.491 e. The Morgan fingerprint density at radius 3 is 2.71 bits per heavy atom. The van der Waals surface area contributed by atoms with E-state index < -0.39 is 42.2 Å². The maximum atomic E-state index is 13.3. The number of carbonyl (C=O) groups excluding carboxylic acids is 1. The van der Waals surface area contributed by atoms with Crippen molar-refractivity contribution in [1.82, 2.24) is 0 Å². The molecule has 208 valence electrons. The van der Waals surface area contributed by atoms with Crippen LogP contribution in [-0.4, -0.2) is 59.9 Å². The summed E-state index contributed by atoms with van der Waals surface area (Å²) < 4.78 is 17.4. The molecule has 8 heteroatoms. The molecule has 0 aromatic heterocycles. The summed E-state index contributed by atoms with van der Waals surface area (Å²) in [7, 11) is -1.000. The highest BCUT2D eigenvalue weighted by atomic mass is 16.6. The highest BCUT2D eigenvalue weighted by Crippen LogP contribution is 2.69. The fourth-order valence-electron chi connectivity index (χ4n) is 8.62. The summed E-state index contributed by atoms with van der Waals surface area (Å²) in [5.41, 5.74) is 0.335. The van der Waals surface area contributed by atoms with Gasteiger partial charge in [0.25, 0.3) is 0 Å². The fourth-order valence-corrected chi connectivity index (χ4v) is 8.62. The van der Waals surface area contributed by atoms with Crippen molar-refractivity contribution >= 4 is 18.6 Å². The van der Waals surface area contributed by atoms with E-state index in [1.54, 1.807) is 12.1 Å².